The van der Waals surface area contributed by atoms with Gasteiger partial charge in [0.05, 0.1) is 17.9 Å². The third-order valence-corrected chi connectivity index (χ3v) is 5.50. The largest absolute Gasteiger partial charge is 0.472 e. The molecule has 0 N–H and O–H groups in total. The second kappa shape index (κ2) is 6.10. The molecular formula is C19H16N4O2S. The predicted octanol–water partition coefficient (Wildman–Crippen LogP) is 3.84. The Hall–Kier alpha value is -2.93. The highest BCUT2D eigenvalue weighted by Crippen LogP contribution is 2.33. The standard InChI is InChI=1S/C19H16N4O2S/c24-19(13-4-8-25-11-13)22-7-3-15(10-22)23-17(14-5-9-26-12-14)21-16-2-1-6-20-18(16)23/h1-2,4-6,8-9,11-12,15H,3,7,10H2/t15-/m1/s1. The van der Waals surface area contributed by atoms with E-state index in [0.29, 0.717) is 18.7 Å². The summed E-state index contributed by atoms with van der Waals surface area (Å²) in [5.74, 6) is 0.929. The lowest BCUT2D eigenvalue weighted by Crippen LogP contribution is -2.28. The first kappa shape index (κ1) is 15.3. The Bertz CT molecular complexity index is 1050. The molecule has 5 heterocycles. The fourth-order valence-electron chi connectivity index (χ4n) is 3.58. The van der Waals surface area contributed by atoms with Gasteiger partial charge in [-0.2, -0.15) is 11.3 Å². The van der Waals surface area contributed by atoms with Crippen LogP contribution in [0.1, 0.15) is 22.8 Å². The smallest absolute Gasteiger partial charge is 0.257 e. The summed E-state index contributed by atoms with van der Waals surface area (Å²) in [6.45, 7) is 1.35. The van der Waals surface area contributed by atoms with Crippen LogP contribution in [0.2, 0.25) is 0 Å². The minimum absolute atomic E-state index is 0.00992. The Morgan fingerprint density at radius 3 is 3.08 bits per heavy atom. The third kappa shape index (κ3) is 2.43. The second-order valence-electron chi connectivity index (χ2n) is 6.37. The summed E-state index contributed by atoms with van der Waals surface area (Å²) >= 11 is 1.65. The van der Waals surface area contributed by atoms with E-state index in [9.17, 15) is 4.79 Å². The molecule has 1 fully saturated rings. The van der Waals surface area contributed by atoms with Gasteiger partial charge >= 0.3 is 0 Å². The quantitative estimate of drug-likeness (QED) is 0.554. The van der Waals surface area contributed by atoms with Crippen LogP contribution in [-0.2, 0) is 0 Å². The minimum atomic E-state index is 0.00992. The first-order valence-corrected chi connectivity index (χ1v) is 9.42. The molecule has 1 atom stereocenters. The molecule has 1 aliphatic heterocycles. The lowest BCUT2D eigenvalue weighted by molar-refractivity contribution is 0.0787. The van der Waals surface area contributed by atoms with Gasteiger partial charge in [0, 0.05) is 30.2 Å². The van der Waals surface area contributed by atoms with Crippen molar-refractivity contribution in [3.8, 4) is 11.4 Å². The number of pyridine rings is 1. The van der Waals surface area contributed by atoms with Crippen molar-refractivity contribution in [3.05, 3.63) is 59.3 Å². The number of nitrogens with zero attached hydrogens (tertiary/aromatic N) is 4. The van der Waals surface area contributed by atoms with Crippen molar-refractivity contribution < 1.29 is 9.21 Å². The highest BCUT2D eigenvalue weighted by atomic mass is 32.1. The number of furan rings is 1. The van der Waals surface area contributed by atoms with Gasteiger partial charge in [-0.15, -0.1) is 0 Å². The maximum absolute atomic E-state index is 12.6. The third-order valence-electron chi connectivity index (χ3n) is 4.81. The molecule has 130 valence electrons. The van der Waals surface area contributed by atoms with E-state index in [1.165, 1.54) is 12.5 Å². The maximum atomic E-state index is 12.6. The van der Waals surface area contributed by atoms with Crippen LogP contribution in [0, 0.1) is 0 Å². The van der Waals surface area contributed by atoms with Gasteiger partial charge in [-0.1, -0.05) is 0 Å². The number of carbonyl (C=O) groups excluding carboxylic acids is 1. The van der Waals surface area contributed by atoms with Gasteiger partial charge in [0.2, 0.25) is 0 Å². The van der Waals surface area contributed by atoms with Crippen LogP contribution in [0.25, 0.3) is 22.6 Å². The number of hydrogen-bond acceptors (Lipinski definition) is 5. The number of aromatic nitrogens is 3. The van der Waals surface area contributed by atoms with Gasteiger partial charge in [0.15, 0.2) is 5.65 Å². The molecule has 0 unspecified atom stereocenters. The van der Waals surface area contributed by atoms with Crippen molar-refractivity contribution in [3.63, 3.8) is 0 Å². The van der Waals surface area contributed by atoms with Crippen LogP contribution in [0.5, 0.6) is 0 Å². The highest BCUT2D eigenvalue weighted by molar-refractivity contribution is 7.08. The molecule has 26 heavy (non-hydrogen) atoms. The van der Waals surface area contributed by atoms with Crippen molar-refractivity contribution in [2.24, 2.45) is 0 Å². The van der Waals surface area contributed by atoms with Gasteiger partial charge < -0.3 is 13.9 Å². The minimum Gasteiger partial charge on any atom is -0.472 e. The molecule has 1 amide bonds. The van der Waals surface area contributed by atoms with Gasteiger partial charge in [-0.05, 0) is 36.1 Å². The van der Waals surface area contributed by atoms with Crippen LogP contribution in [0.4, 0.5) is 0 Å². The summed E-state index contributed by atoms with van der Waals surface area (Å²) in [7, 11) is 0. The van der Waals surface area contributed by atoms with E-state index in [1.54, 1.807) is 23.6 Å². The molecule has 0 aromatic carbocycles. The van der Waals surface area contributed by atoms with Crippen molar-refractivity contribution >= 4 is 28.4 Å². The number of fused-ring (bicyclic) bond motifs is 1. The van der Waals surface area contributed by atoms with Gasteiger partial charge in [0.25, 0.3) is 5.91 Å². The molecule has 6 nitrogen and oxygen atoms in total. The molecule has 0 bridgehead atoms. The van der Waals surface area contributed by atoms with Crippen LogP contribution in [0.3, 0.4) is 0 Å². The summed E-state index contributed by atoms with van der Waals surface area (Å²) in [5.41, 5.74) is 3.44. The number of thiophene rings is 1. The van der Waals surface area contributed by atoms with Crippen molar-refractivity contribution in [2.75, 3.05) is 13.1 Å². The topological polar surface area (TPSA) is 64.2 Å². The summed E-state index contributed by atoms with van der Waals surface area (Å²) in [6, 6.07) is 7.82. The summed E-state index contributed by atoms with van der Waals surface area (Å²) in [4.78, 5) is 23.9. The maximum Gasteiger partial charge on any atom is 0.257 e. The van der Waals surface area contributed by atoms with Crippen molar-refractivity contribution in [2.45, 2.75) is 12.5 Å². The van der Waals surface area contributed by atoms with Crippen LogP contribution in [0.15, 0.2) is 58.2 Å². The Kier molecular flexibility index (Phi) is 3.60. The zero-order valence-electron chi connectivity index (χ0n) is 13.9. The van der Waals surface area contributed by atoms with E-state index >= 15 is 0 Å². The lowest BCUT2D eigenvalue weighted by atomic mass is 10.2. The normalized spacial score (nSPS) is 17.2. The Morgan fingerprint density at radius 2 is 2.27 bits per heavy atom. The predicted molar refractivity (Wildman–Crippen MR) is 99.1 cm³/mol. The number of carbonyl (C=O) groups is 1. The van der Waals surface area contributed by atoms with E-state index in [0.717, 1.165) is 29.0 Å². The molecule has 1 aliphatic rings. The van der Waals surface area contributed by atoms with E-state index in [1.807, 2.05) is 17.0 Å². The van der Waals surface area contributed by atoms with Crippen LogP contribution < -0.4 is 0 Å². The van der Waals surface area contributed by atoms with E-state index in [4.69, 9.17) is 9.40 Å². The fraction of sp³-hybridized carbons (Fsp3) is 0.211. The molecular weight excluding hydrogens is 348 g/mol. The zero-order valence-corrected chi connectivity index (χ0v) is 14.7. The van der Waals surface area contributed by atoms with Gasteiger partial charge in [-0.3, -0.25) is 4.79 Å². The SMILES string of the molecule is O=C(c1ccoc1)N1CC[C@@H](n2c(-c3ccsc3)nc3cccnc32)C1. The first-order chi connectivity index (χ1) is 12.8. The molecule has 4 aromatic rings. The molecule has 4 aromatic heterocycles. The number of likely N-dealkylation sites (tertiary alicyclic amines) is 1. The Labute approximate surface area is 153 Å². The molecule has 0 saturated carbocycles. The van der Waals surface area contributed by atoms with Gasteiger partial charge in [-0.25, -0.2) is 9.97 Å². The zero-order chi connectivity index (χ0) is 17.5. The van der Waals surface area contributed by atoms with Gasteiger partial charge in [0.1, 0.15) is 17.6 Å². The number of hydrogen-bond donors (Lipinski definition) is 0. The van der Waals surface area contributed by atoms with E-state index < -0.39 is 0 Å². The number of rotatable bonds is 3. The van der Waals surface area contributed by atoms with Crippen molar-refractivity contribution in [1.29, 1.82) is 0 Å². The molecule has 7 heteroatoms. The average molecular weight is 364 g/mol. The van der Waals surface area contributed by atoms with E-state index in [-0.39, 0.29) is 11.9 Å². The first-order valence-electron chi connectivity index (χ1n) is 8.48. The molecule has 0 radical (unpaired) electrons. The number of imidazole rings is 1. The number of amides is 1. The Morgan fingerprint density at radius 1 is 1.31 bits per heavy atom. The van der Waals surface area contributed by atoms with Crippen LogP contribution in [-0.4, -0.2) is 38.4 Å². The monoisotopic (exact) mass is 364 g/mol. The lowest BCUT2D eigenvalue weighted by Gasteiger charge is -2.18. The highest BCUT2D eigenvalue weighted by Gasteiger charge is 2.31. The molecule has 5 rings (SSSR count). The summed E-state index contributed by atoms with van der Waals surface area (Å²) < 4.78 is 7.24. The summed E-state index contributed by atoms with van der Waals surface area (Å²) in [6.07, 6.45) is 5.70. The molecule has 0 spiro atoms. The van der Waals surface area contributed by atoms with Crippen molar-refractivity contribution in [1.82, 2.24) is 19.4 Å². The molecule has 0 aliphatic carbocycles. The average Bonchev–Trinajstić information content (AvgIpc) is 3.47. The molecule has 1 saturated heterocycles. The second-order valence-corrected chi connectivity index (χ2v) is 7.15. The van der Waals surface area contributed by atoms with E-state index in [2.05, 4.69) is 26.4 Å². The van der Waals surface area contributed by atoms with Crippen LogP contribution >= 0.6 is 11.3 Å². The fourth-order valence-corrected chi connectivity index (χ4v) is 4.21. The summed E-state index contributed by atoms with van der Waals surface area (Å²) in [5, 5.41) is 4.15. The Balaban J connectivity index is 1.53.